The van der Waals surface area contributed by atoms with Gasteiger partial charge in [0, 0.05) is 13.0 Å². The minimum absolute atomic E-state index is 0.0885. The molecule has 2 aromatic rings. The largest absolute Gasteiger partial charge is 0.480 e. The minimum Gasteiger partial charge on any atom is -0.480 e. The van der Waals surface area contributed by atoms with Crippen LogP contribution in [-0.4, -0.2) is 67.2 Å². The summed E-state index contributed by atoms with van der Waals surface area (Å²) in [6.45, 7) is -1.08. The van der Waals surface area contributed by atoms with Crippen molar-refractivity contribution >= 4 is 23.9 Å². The standard InChI is InChI=1S/C22H23N3O6/c1-25(12-21(28)29)20(27)11-23-19(26)10-24-22(30)31-13-18-16-8-4-2-6-14(16)15-7-3-5-9-17(15)18/h2-9,18H,10-13H2,1H3,(H,23,26)(H,24,30)(H,28,29). The van der Waals surface area contributed by atoms with Crippen molar-refractivity contribution in [2.45, 2.75) is 5.92 Å². The van der Waals surface area contributed by atoms with E-state index in [1.165, 1.54) is 7.05 Å². The van der Waals surface area contributed by atoms with E-state index in [2.05, 4.69) is 10.6 Å². The number of rotatable bonds is 8. The van der Waals surface area contributed by atoms with Crippen LogP contribution in [0.5, 0.6) is 0 Å². The Morgan fingerprint density at radius 1 is 0.935 bits per heavy atom. The molecule has 0 saturated carbocycles. The Morgan fingerprint density at radius 2 is 1.52 bits per heavy atom. The summed E-state index contributed by atoms with van der Waals surface area (Å²) < 4.78 is 5.33. The van der Waals surface area contributed by atoms with Gasteiger partial charge in [0.25, 0.3) is 0 Å². The summed E-state index contributed by atoms with van der Waals surface area (Å²) in [7, 11) is 1.32. The maximum Gasteiger partial charge on any atom is 0.407 e. The highest BCUT2D eigenvalue weighted by molar-refractivity contribution is 5.88. The number of carboxylic acid groups (broad SMARTS) is 1. The summed E-state index contributed by atoms with van der Waals surface area (Å²) in [6.07, 6.45) is -0.744. The molecular formula is C22H23N3O6. The number of benzene rings is 2. The number of nitrogens with zero attached hydrogens (tertiary/aromatic N) is 1. The number of amides is 3. The van der Waals surface area contributed by atoms with Crippen LogP contribution < -0.4 is 10.6 Å². The number of aliphatic carboxylic acids is 1. The Kier molecular flexibility index (Phi) is 6.86. The van der Waals surface area contributed by atoms with Gasteiger partial charge in [0.15, 0.2) is 0 Å². The van der Waals surface area contributed by atoms with Crippen molar-refractivity contribution in [2.75, 3.05) is 33.3 Å². The lowest BCUT2D eigenvalue weighted by Crippen LogP contribution is -2.43. The third-order valence-electron chi connectivity index (χ3n) is 4.97. The number of carboxylic acids is 1. The molecule has 3 N–H and O–H groups in total. The lowest BCUT2D eigenvalue weighted by molar-refractivity contribution is -0.143. The van der Waals surface area contributed by atoms with Gasteiger partial charge in [0.2, 0.25) is 11.8 Å². The van der Waals surface area contributed by atoms with Gasteiger partial charge in [-0.05, 0) is 22.3 Å². The Bertz CT molecular complexity index is 961. The predicted octanol–water partition coefficient (Wildman–Crippen LogP) is 1.18. The average Bonchev–Trinajstić information content (AvgIpc) is 3.08. The number of alkyl carbamates (subject to hydrolysis) is 1. The number of hydrogen-bond donors (Lipinski definition) is 3. The van der Waals surface area contributed by atoms with Crippen molar-refractivity contribution in [1.82, 2.24) is 15.5 Å². The van der Waals surface area contributed by atoms with E-state index in [1.807, 2.05) is 48.5 Å². The van der Waals surface area contributed by atoms with E-state index in [4.69, 9.17) is 9.84 Å². The molecule has 0 unspecified atom stereocenters. The predicted molar refractivity (Wildman–Crippen MR) is 111 cm³/mol. The smallest absolute Gasteiger partial charge is 0.407 e. The first kappa shape index (κ1) is 21.8. The first-order valence-corrected chi connectivity index (χ1v) is 9.68. The number of carbonyl (C=O) groups is 4. The molecular weight excluding hydrogens is 402 g/mol. The number of carbonyl (C=O) groups excluding carboxylic acids is 3. The summed E-state index contributed by atoms with van der Waals surface area (Å²) in [6, 6.07) is 15.9. The Hall–Kier alpha value is -3.88. The molecule has 9 nitrogen and oxygen atoms in total. The van der Waals surface area contributed by atoms with Gasteiger partial charge < -0.3 is 25.4 Å². The third-order valence-corrected chi connectivity index (χ3v) is 4.97. The summed E-state index contributed by atoms with van der Waals surface area (Å²) in [5.41, 5.74) is 4.39. The fourth-order valence-corrected chi connectivity index (χ4v) is 3.46. The number of hydrogen-bond acceptors (Lipinski definition) is 5. The zero-order valence-electron chi connectivity index (χ0n) is 17.0. The summed E-state index contributed by atoms with van der Waals surface area (Å²) in [5, 5.41) is 13.3. The molecule has 31 heavy (non-hydrogen) atoms. The lowest BCUT2D eigenvalue weighted by Gasteiger charge is -2.15. The molecule has 0 spiro atoms. The third kappa shape index (κ3) is 5.39. The van der Waals surface area contributed by atoms with Crippen LogP contribution >= 0.6 is 0 Å². The maximum absolute atomic E-state index is 12.0. The molecule has 0 atom stereocenters. The van der Waals surface area contributed by atoms with Gasteiger partial charge >= 0.3 is 12.1 Å². The van der Waals surface area contributed by atoms with Crippen molar-refractivity contribution in [3.8, 4) is 11.1 Å². The highest BCUT2D eigenvalue weighted by Crippen LogP contribution is 2.44. The molecule has 0 fully saturated rings. The Balaban J connectivity index is 1.45. The van der Waals surface area contributed by atoms with Crippen molar-refractivity contribution in [3.05, 3.63) is 59.7 Å². The average molecular weight is 425 g/mol. The van der Waals surface area contributed by atoms with E-state index in [0.717, 1.165) is 27.2 Å². The second-order valence-electron chi connectivity index (χ2n) is 7.10. The van der Waals surface area contributed by atoms with Crippen molar-refractivity contribution < 1.29 is 29.0 Å². The van der Waals surface area contributed by atoms with E-state index in [9.17, 15) is 19.2 Å². The van der Waals surface area contributed by atoms with E-state index < -0.39 is 30.4 Å². The van der Waals surface area contributed by atoms with Crippen LogP contribution in [0, 0.1) is 0 Å². The van der Waals surface area contributed by atoms with Crippen molar-refractivity contribution in [1.29, 1.82) is 0 Å². The zero-order chi connectivity index (χ0) is 22.4. The molecule has 0 bridgehead atoms. The molecule has 0 aromatic heterocycles. The summed E-state index contributed by atoms with van der Waals surface area (Å²) in [4.78, 5) is 47.1. The van der Waals surface area contributed by atoms with Crippen molar-refractivity contribution in [3.63, 3.8) is 0 Å². The highest BCUT2D eigenvalue weighted by Gasteiger charge is 2.29. The monoisotopic (exact) mass is 425 g/mol. The molecule has 3 rings (SSSR count). The number of likely N-dealkylation sites (N-methyl/N-ethyl adjacent to an activating group) is 1. The van der Waals surface area contributed by atoms with Crippen LogP contribution in [0.15, 0.2) is 48.5 Å². The number of fused-ring (bicyclic) bond motifs is 3. The van der Waals surface area contributed by atoms with E-state index in [-0.39, 0.29) is 25.6 Å². The first-order valence-electron chi connectivity index (χ1n) is 9.68. The van der Waals surface area contributed by atoms with Crippen molar-refractivity contribution in [2.24, 2.45) is 0 Å². The Morgan fingerprint density at radius 3 is 2.10 bits per heavy atom. The second-order valence-corrected chi connectivity index (χ2v) is 7.10. The molecule has 0 radical (unpaired) electrons. The Labute approximate surface area is 179 Å². The first-order chi connectivity index (χ1) is 14.9. The number of nitrogens with one attached hydrogen (secondary N) is 2. The van der Waals surface area contributed by atoms with Gasteiger partial charge in [-0.2, -0.15) is 0 Å². The zero-order valence-corrected chi connectivity index (χ0v) is 17.0. The molecule has 0 saturated heterocycles. The van der Waals surface area contributed by atoms with Gasteiger partial charge in [-0.15, -0.1) is 0 Å². The van der Waals surface area contributed by atoms with Gasteiger partial charge in [-0.1, -0.05) is 48.5 Å². The normalized spacial score (nSPS) is 11.8. The van der Waals surface area contributed by atoms with Crippen LogP contribution in [0.3, 0.4) is 0 Å². The lowest BCUT2D eigenvalue weighted by atomic mass is 9.98. The minimum atomic E-state index is -1.15. The fourth-order valence-electron chi connectivity index (χ4n) is 3.46. The van der Waals surface area contributed by atoms with Gasteiger partial charge in [-0.25, -0.2) is 4.79 Å². The van der Waals surface area contributed by atoms with Gasteiger partial charge in [0.1, 0.15) is 19.7 Å². The van der Waals surface area contributed by atoms with Crippen LogP contribution in [0.1, 0.15) is 17.0 Å². The van der Waals surface area contributed by atoms with Crippen LogP contribution in [0.2, 0.25) is 0 Å². The molecule has 9 heteroatoms. The van der Waals surface area contributed by atoms with E-state index in [1.54, 1.807) is 0 Å². The van der Waals surface area contributed by atoms with Crippen LogP contribution in [0.4, 0.5) is 4.79 Å². The quantitative estimate of drug-likeness (QED) is 0.583. The van der Waals surface area contributed by atoms with Crippen LogP contribution in [-0.2, 0) is 19.1 Å². The van der Waals surface area contributed by atoms with E-state index >= 15 is 0 Å². The summed E-state index contributed by atoms with van der Waals surface area (Å²) in [5.74, 6) is -2.39. The van der Waals surface area contributed by atoms with Crippen LogP contribution in [0.25, 0.3) is 11.1 Å². The topological polar surface area (TPSA) is 125 Å². The molecule has 0 aliphatic heterocycles. The summed E-state index contributed by atoms with van der Waals surface area (Å²) >= 11 is 0. The molecule has 2 aromatic carbocycles. The molecule has 1 aliphatic rings. The SMILES string of the molecule is CN(CC(=O)O)C(=O)CNC(=O)CNC(=O)OCC1c2ccccc2-c2ccccc21. The fraction of sp³-hybridized carbons (Fsp3) is 0.273. The maximum atomic E-state index is 12.0. The molecule has 1 aliphatic carbocycles. The van der Waals surface area contributed by atoms with Gasteiger partial charge in [0.05, 0.1) is 6.54 Å². The van der Waals surface area contributed by atoms with E-state index in [0.29, 0.717) is 0 Å². The second kappa shape index (κ2) is 9.75. The molecule has 0 heterocycles. The number of ether oxygens (including phenoxy) is 1. The highest BCUT2D eigenvalue weighted by atomic mass is 16.5. The molecule has 162 valence electrons. The van der Waals surface area contributed by atoms with Gasteiger partial charge in [-0.3, -0.25) is 14.4 Å². The molecule has 3 amide bonds.